The highest BCUT2D eigenvalue weighted by Crippen LogP contribution is 2.14. The Balaban J connectivity index is 1.92. The summed E-state index contributed by atoms with van der Waals surface area (Å²) in [6.07, 6.45) is 1.83. The summed E-state index contributed by atoms with van der Waals surface area (Å²) in [7, 11) is 0. The van der Waals surface area contributed by atoms with Crippen LogP contribution in [0.15, 0.2) is 29.6 Å². The van der Waals surface area contributed by atoms with Gasteiger partial charge in [-0.3, -0.25) is 4.79 Å². The highest BCUT2D eigenvalue weighted by Gasteiger charge is 2.06. The van der Waals surface area contributed by atoms with Crippen LogP contribution in [-0.4, -0.2) is 16.1 Å². The molecule has 0 atom stereocenters. The Morgan fingerprint density at radius 2 is 2.00 bits per heavy atom. The van der Waals surface area contributed by atoms with E-state index in [2.05, 4.69) is 36.2 Å². The van der Waals surface area contributed by atoms with Gasteiger partial charge in [0.1, 0.15) is 0 Å². The van der Waals surface area contributed by atoms with Gasteiger partial charge in [0.15, 0.2) is 0 Å². The molecule has 94 valence electrons. The minimum absolute atomic E-state index is 0.0149. The van der Waals surface area contributed by atoms with Crippen LogP contribution in [0.25, 0.3) is 0 Å². The van der Waals surface area contributed by atoms with Crippen molar-refractivity contribution in [3.8, 4) is 0 Å². The zero-order chi connectivity index (χ0) is 13.0. The Morgan fingerprint density at radius 1 is 1.28 bits per heavy atom. The van der Waals surface area contributed by atoms with Crippen LogP contribution in [0.3, 0.4) is 0 Å². The second-order valence-corrected chi connectivity index (χ2v) is 5.23. The van der Waals surface area contributed by atoms with E-state index in [0.717, 1.165) is 17.8 Å². The molecule has 0 amide bonds. The lowest BCUT2D eigenvalue weighted by molar-refractivity contribution is -0.136. The number of benzene rings is 1. The molecule has 0 aliphatic heterocycles. The maximum Gasteiger partial charge on any atom is 0.309 e. The summed E-state index contributed by atoms with van der Waals surface area (Å²) < 4.78 is 0. The maximum absolute atomic E-state index is 10.6. The van der Waals surface area contributed by atoms with E-state index in [1.807, 2.05) is 5.38 Å². The Kier molecular flexibility index (Phi) is 4.10. The van der Waals surface area contributed by atoms with Gasteiger partial charge in [0.25, 0.3) is 0 Å². The van der Waals surface area contributed by atoms with Crippen molar-refractivity contribution in [1.29, 1.82) is 0 Å². The number of hydrogen-bond acceptors (Lipinski definition) is 3. The molecule has 4 heteroatoms. The molecule has 3 nitrogen and oxygen atoms in total. The fourth-order valence-electron chi connectivity index (χ4n) is 1.71. The van der Waals surface area contributed by atoms with E-state index >= 15 is 0 Å². The molecule has 0 bridgehead atoms. The monoisotopic (exact) mass is 261 g/mol. The first kappa shape index (κ1) is 12.8. The molecule has 1 heterocycles. The number of thiazole rings is 1. The van der Waals surface area contributed by atoms with Gasteiger partial charge >= 0.3 is 5.97 Å². The Labute approximate surface area is 110 Å². The molecule has 2 aromatic rings. The number of aromatic nitrogens is 1. The number of nitrogens with zero attached hydrogens (tertiary/aromatic N) is 1. The molecule has 2 rings (SSSR count). The van der Waals surface area contributed by atoms with Gasteiger partial charge in [-0.05, 0) is 18.9 Å². The lowest BCUT2D eigenvalue weighted by Gasteiger charge is -1.99. The van der Waals surface area contributed by atoms with Crippen LogP contribution in [-0.2, 0) is 24.1 Å². The van der Waals surface area contributed by atoms with Gasteiger partial charge in [0.05, 0.1) is 17.1 Å². The second kappa shape index (κ2) is 5.78. The normalized spacial score (nSPS) is 10.5. The molecule has 0 radical (unpaired) electrons. The van der Waals surface area contributed by atoms with Crippen molar-refractivity contribution in [2.75, 3.05) is 0 Å². The van der Waals surface area contributed by atoms with Gasteiger partial charge < -0.3 is 5.11 Å². The van der Waals surface area contributed by atoms with Crippen LogP contribution in [0.4, 0.5) is 0 Å². The molecule has 0 saturated heterocycles. The topological polar surface area (TPSA) is 50.2 Å². The minimum Gasteiger partial charge on any atom is -0.481 e. The Morgan fingerprint density at radius 3 is 2.67 bits per heavy atom. The molecule has 0 aliphatic carbocycles. The van der Waals surface area contributed by atoms with Crippen LogP contribution in [0.5, 0.6) is 0 Å². The van der Waals surface area contributed by atoms with E-state index in [-0.39, 0.29) is 6.42 Å². The second-order valence-electron chi connectivity index (χ2n) is 4.29. The molecular formula is C14H15NO2S. The van der Waals surface area contributed by atoms with Crippen LogP contribution in [0.2, 0.25) is 0 Å². The molecular weight excluding hydrogens is 246 g/mol. The smallest absolute Gasteiger partial charge is 0.309 e. The first-order valence-corrected chi connectivity index (χ1v) is 6.72. The van der Waals surface area contributed by atoms with Gasteiger partial charge in [0, 0.05) is 11.8 Å². The third kappa shape index (κ3) is 3.67. The minimum atomic E-state index is -0.828. The van der Waals surface area contributed by atoms with E-state index in [1.54, 1.807) is 0 Å². The van der Waals surface area contributed by atoms with Crippen molar-refractivity contribution in [3.05, 3.63) is 51.5 Å². The lowest BCUT2D eigenvalue weighted by Crippen LogP contribution is -2.00. The lowest BCUT2D eigenvalue weighted by atomic mass is 10.1. The average Bonchev–Trinajstić information content (AvgIpc) is 2.75. The summed E-state index contributed by atoms with van der Waals surface area (Å²) in [6.45, 7) is 2.07. The van der Waals surface area contributed by atoms with Crippen molar-refractivity contribution in [1.82, 2.24) is 4.98 Å². The summed E-state index contributed by atoms with van der Waals surface area (Å²) >= 11 is 1.54. The third-order valence-electron chi connectivity index (χ3n) is 2.68. The predicted octanol–water partition coefficient (Wildman–Crippen LogP) is 2.86. The first-order chi connectivity index (χ1) is 8.63. The zero-order valence-electron chi connectivity index (χ0n) is 10.2. The first-order valence-electron chi connectivity index (χ1n) is 5.84. The maximum atomic E-state index is 10.6. The average molecular weight is 261 g/mol. The highest BCUT2D eigenvalue weighted by molar-refractivity contribution is 7.09. The largest absolute Gasteiger partial charge is 0.481 e. The van der Waals surface area contributed by atoms with Gasteiger partial charge in [0.2, 0.25) is 0 Å². The van der Waals surface area contributed by atoms with Crippen LogP contribution < -0.4 is 0 Å². The van der Waals surface area contributed by atoms with Gasteiger partial charge in [-0.15, -0.1) is 11.3 Å². The number of carboxylic acids is 1. The van der Waals surface area contributed by atoms with Gasteiger partial charge in [-0.2, -0.15) is 0 Å². The van der Waals surface area contributed by atoms with E-state index < -0.39 is 5.97 Å². The number of carboxylic acid groups (broad SMARTS) is 1. The molecule has 1 N–H and O–H groups in total. The fraction of sp³-hybridized carbons (Fsp3) is 0.286. The summed E-state index contributed by atoms with van der Waals surface area (Å²) in [5, 5.41) is 11.5. The van der Waals surface area contributed by atoms with E-state index in [9.17, 15) is 4.79 Å². The van der Waals surface area contributed by atoms with Crippen molar-refractivity contribution < 1.29 is 9.90 Å². The molecule has 0 aliphatic rings. The van der Waals surface area contributed by atoms with E-state index in [0.29, 0.717) is 5.69 Å². The van der Waals surface area contributed by atoms with Crippen molar-refractivity contribution in [2.45, 2.75) is 26.2 Å². The predicted molar refractivity (Wildman–Crippen MR) is 72.0 cm³/mol. The van der Waals surface area contributed by atoms with Gasteiger partial charge in [-0.25, -0.2) is 4.98 Å². The zero-order valence-corrected chi connectivity index (χ0v) is 11.0. The molecule has 0 fully saturated rings. The van der Waals surface area contributed by atoms with Crippen LogP contribution in [0, 0.1) is 6.92 Å². The number of aryl methyl sites for hydroxylation is 3. The summed E-state index contributed by atoms with van der Waals surface area (Å²) in [5.41, 5.74) is 3.21. The number of rotatable bonds is 5. The van der Waals surface area contributed by atoms with Crippen LogP contribution >= 0.6 is 11.3 Å². The SMILES string of the molecule is Cc1ccc(CCc2nc(CC(=O)O)cs2)cc1. The molecule has 0 spiro atoms. The number of carbonyl (C=O) groups is 1. The number of hydrogen-bond donors (Lipinski definition) is 1. The highest BCUT2D eigenvalue weighted by atomic mass is 32.1. The summed E-state index contributed by atoms with van der Waals surface area (Å²) in [4.78, 5) is 14.9. The van der Waals surface area contributed by atoms with Crippen molar-refractivity contribution in [2.24, 2.45) is 0 Å². The standard InChI is InChI=1S/C14H15NO2S/c1-10-2-4-11(5-3-10)6-7-13-15-12(9-18-13)8-14(16)17/h2-5,9H,6-8H2,1H3,(H,16,17). The van der Waals surface area contributed by atoms with E-state index in [4.69, 9.17) is 5.11 Å². The third-order valence-corrected chi connectivity index (χ3v) is 3.64. The summed E-state index contributed by atoms with van der Waals surface area (Å²) in [5.74, 6) is -0.828. The molecule has 0 saturated carbocycles. The quantitative estimate of drug-likeness (QED) is 0.900. The number of aliphatic carboxylic acids is 1. The molecule has 18 heavy (non-hydrogen) atoms. The van der Waals surface area contributed by atoms with Gasteiger partial charge in [-0.1, -0.05) is 29.8 Å². The van der Waals surface area contributed by atoms with Crippen LogP contribution in [0.1, 0.15) is 21.8 Å². The van der Waals surface area contributed by atoms with Crippen molar-refractivity contribution >= 4 is 17.3 Å². The Hall–Kier alpha value is -1.68. The summed E-state index contributed by atoms with van der Waals surface area (Å²) in [6, 6.07) is 8.46. The van der Waals surface area contributed by atoms with E-state index in [1.165, 1.54) is 22.5 Å². The Bertz CT molecular complexity index is 531. The molecule has 1 aromatic heterocycles. The molecule has 1 aromatic carbocycles. The molecule has 0 unspecified atom stereocenters. The fourth-order valence-corrected chi connectivity index (χ4v) is 2.50. The van der Waals surface area contributed by atoms with Crippen molar-refractivity contribution in [3.63, 3.8) is 0 Å².